The van der Waals surface area contributed by atoms with Gasteiger partial charge in [-0.05, 0) is 42.5 Å². The van der Waals surface area contributed by atoms with Gasteiger partial charge in [0.05, 0.1) is 5.56 Å². The van der Waals surface area contributed by atoms with Crippen molar-refractivity contribution in [3.8, 4) is 11.6 Å². The minimum atomic E-state index is -0.505. The lowest BCUT2D eigenvalue weighted by molar-refractivity contribution is -0.120. The number of amides is 1. The topological polar surface area (TPSA) is 98.8 Å². The van der Waals surface area contributed by atoms with Crippen LogP contribution in [0, 0.1) is 5.82 Å². The largest absolute Gasteiger partial charge is 0.438 e. The fourth-order valence-corrected chi connectivity index (χ4v) is 2.24. The number of oxime groups is 1. The van der Waals surface area contributed by atoms with Crippen LogP contribution in [-0.2, 0) is 9.63 Å². The standard InChI is InChI=1S/C20H17FN4O3/c21-14-6-4-7-15(12-14)24-18(26)13-27-25-19(22)17-10-5-11-23-20(17)28-16-8-2-1-3-9-16/h1-12H,13H2,(H2,22,25)(H,24,26). The zero-order valence-electron chi connectivity index (χ0n) is 14.7. The number of hydrogen-bond acceptors (Lipinski definition) is 5. The fourth-order valence-electron chi connectivity index (χ4n) is 2.24. The summed E-state index contributed by atoms with van der Waals surface area (Å²) in [6.07, 6.45) is 1.56. The van der Waals surface area contributed by atoms with Gasteiger partial charge in [-0.15, -0.1) is 0 Å². The Labute approximate surface area is 160 Å². The third-order valence-corrected chi connectivity index (χ3v) is 3.47. The summed E-state index contributed by atoms with van der Waals surface area (Å²) < 4.78 is 18.8. The van der Waals surface area contributed by atoms with Crippen LogP contribution in [0.25, 0.3) is 0 Å². The Morgan fingerprint density at radius 1 is 1.11 bits per heavy atom. The summed E-state index contributed by atoms with van der Waals surface area (Å²) in [6, 6.07) is 17.9. The summed E-state index contributed by atoms with van der Waals surface area (Å²) in [5.41, 5.74) is 6.66. The van der Waals surface area contributed by atoms with Crippen molar-refractivity contribution in [2.45, 2.75) is 0 Å². The molecule has 3 N–H and O–H groups in total. The first-order valence-electron chi connectivity index (χ1n) is 8.31. The van der Waals surface area contributed by atoms with E-state index in [-0.39, 0.29) is 11.7 Å². The Balaban J connectivity index is 1.61. The molecule has 3 aromatic rings. The summed E-state index contributed by atoms with van der Waals surface area (Å²) in [4.78, 5) is 21.0. The molecule has 0 unspecified atom stereocenters. The average molecular weight is 380 g/mol. The summed E-state index contributed by atoms with van der Waals surface area (Å²) in [5, 5.41) is 6.22. The minimum absolute atomic E-state index is 0.00223. The van der Waals surface area contributed by atoms with Gasteiger partial charge < -0.3 is 20.6 Å². The molecule has 0 aliphatic heterocycles. The van der Waals surface area contributed by atoms with Crippen LogP contribution in [-0.4, -0.2) is 23.3 Å². The quantitative estimate of drug-likeness (QED) is 0.372. The van der Waals surface area contributed by atoms with Gasteiger partial charge in [0.25, 0.3) is 5.91 Å². The molecule has 1 amide bonds. The molecule has 8 heteroatoms. The van der Waals surface area contributed by atoms with Gasteiger partial charge in [-0.2, -0.15) is 0 Å². The molecule has 0 bridgehead atoms. The number of carbonyl (C=O) groups excluding carboxylic acids is 1. The summed E-state index contributed by atoms with van der Waals surface area (Å²) in [6.45, 7) is -0.396. The molecule has 0 aliphatic rings. The van der Waals surface area contributed by atoms with Crippen LogP contribution in [0.1, 0.15) is 5.56 Å². The van der Waals surface area contributed by atoms with Gasteiger partial charge in [0, 0.05) is 11.9 Å². The smallest absolute Gasteiger partial charge is 0.265 e. The molecule has 0 fully saturated rings. The Morgan fingerprint density at radius 3 is 2.71 bits per heavy atom. The van der Waals surface area contributed by atoms with Gasteiger partial charge in [-0.25, -0.2) is 9.37 Å². The predicted molar refractivity (Wildman–Crippen MR) is 102 cm³/mol. The first kappa shape index (κ1) is 18.8. The van der Waals surface area contributed by atoms with E-state index >= 15 is 0 Å². The van der Waals surface area contributed by atoms with E-state index in [1.54, 1.807) is 36.5 Å². The van der Waals surface area contributed by atoms with E-state index in [1.165, 1.54) is 18.2 Å². The van der Waals surface area contributed by atoms with Crippen molar-refractivity contribution in [1.82, 2.24) is 4.98 Å². The van der Waals surface area contributed by atoms with Crippen LogP contribution in [0.15, 0.2) is 78.1 Å². The molecule has 0 radical (unpaired) electrons. The molecule has 0 saturated heterocycles. The summed E-state index contributed by atoms with van der Waals surface area (Å²) >= 11 is 0. The highest BCUT2D eigenvalue weighted by atomic mass is 19.1. The zero-order valence-corrected chi connectivity index (χ0v) is 14.7. The van der Waals surface area contributed by atoms with Crippen LogP contribution >= 0.6 is 0 Å². The van der Waals surface area contributed by atoms with E-state index in [0.717, 1.165) is 0 Å². The van der Waals surface area contributed by atoms with Gasteiger partial charge in [-0.3, -0.25) is 4.79 Å². The molecule has 28 heavy (non-hydrogen) atoms. The maximum Gasteiger partial charge on any atom is 0.265 e. The average Bonchev–Trinajstić information content (AvgIpc) is 2.69. The van der Waals surface area contributed by atoms with Gasteiger partial charge in [0.2, 0.25) is 5.88 Å². The fraction of sp³-hybridized carbons (Fsp3) is 0.0500. The van der Waals surface area contributed by atoms with Crippen molar-refractivity contribution in [3.63, 3.8) is 0 Å². The molecule has 0 spiro atoms. The molecule has 3 rings (SSSR count). The minimum Gasteiger partial charge on any atom is -0.438 e. The van der Waals surface area contributed by atoms with E-state index in [2.05, 4.69) is 15.5 Å². The van der Waals surface area contributed by atoms with E-state index < -0.39 is 18.3 Å². The van der Waals surface area contributed by atoms with Crippen molar-refractivity contribution in [2.75, 3.05) is 11.9 Å². The highest BCUT2D eigenvalue weighted by molar-refractivity contribution is 5.99. The molecular formula is C20H17FN4O3. The maximum absolute atomic E-state index is 13.1. The SMILES string of the molecule is NC(=NOCC(=O)Nc1cccc(F)c1)c1cccnc1Oc1ccccc1. The van der Waals surface area contributed by atoms with Crippen molar-refractivity contribution in [1.29, 1.82) is 0 Å². The lowest BCUT2D eigenvalue weighted by Gasteiger charge is -2.09. The third kappa shape index (κ3) is 5.28. The van der Waals surface area contributed by atoms with Crippen LogP contribution in [0.4, 0.5) is 10.1 Å². The third-order valence-electron chi connectivity index (χ3n) is 3.47. The van der Waals surface area contributed by atoms with E-state index in [1.807, 2.05) is 18.2 Å². The van der Waals surface area contributed by atoms with Crippen LogP contribution in [0.2, 0.25) is 0 Å². The van der Waals surface area contributed by atoms with Crippen molar-refractivity contribution >= 4 is 17.4 Å². The summed E-state index contributed by atoms with van der Waals surface area (Å²) in [5.74, 6) is -0.122. The lowest BCUT2D eigenvalue weighted by atomic mass is 10.2. The van der Waals surface area contributed by atoms with Crippen LogP contribution < -0.4 is 15.8 Å². The number of anilines is 1. The van der Waals surface area contributed by atoms with E-state index in [4.69, 9.17) is 15.3 Å². The Bertz CT molecular complexity index is 980. The number of carbonyl (C=O) groups is 1. The number of hydrogen-bond donors (Lipinski definition) is 2. The zero-order chi connectivity index (χ0) is 19.8. The van der Waals surface area contributed by atoms with Gasteiger partial charge in [0.1, 0.15) is 11.6 Å². The van der Waals surface area contributed by atoms with Crippen molar-refractivity contribution in [3.05, 3.63) is 84.3 Å². The molecule has 1 heterocycles. The van der Waals surface area contributed by atoms with Crippen LogP contribution in [0.3, 0.4) is 0 Å². The number of rotatable bonds is 7. The molecule has 0 saturated carbocycles. The van der Waals surface area contributed by atoms with Gasteiger partial charge in [0.15, 0.2) is 12.4 Å². The molecule has 0 aliphatic carbocycles. The summed E-state index contributed by atoms with van der Waals surface area (Å²) in [7, 11) is 0. The van der Waals surface area contributed by atoms with E-state index in [0.29, 0.717) is 17.0 Å². The van der Waals surface area contributed by atoms with E-state index in [9.17, 15) is 9.18 Å². The number of nitrogens with one attached hydrogen (secondary N) is 1. The first-order valence-corrected chi connectivity index (χ1v) is 8.31. The number of aromatic nitrogens is 1. The Morgan fingerprint density at radius 2 is 1.93 bits per heavy atom. The molecule has 142 valence electrons. The molecule has 0 atom stereocenters. The Kier molecular flexibility index (Phi) is 6.14. The van der Waals surface area contributed by atoms with Crippen LogP contribution in [0.5, 0.6) is 11.6 Å². The second-order valence-corrected chi connectivity index (χ2v) is 5.58. The number of pyridine rings is 1. The normalized spacial score (nSPS) is 11.0. The number of nitrogens with zero attached hydrogens (tertiary/aromatic N) is 2. The number of halogens is 1. The maximum atomic E-state index is 13.1. The second-order valence-electron chi connectivity index (χ2n) is 5.58. The highest BCUT2D eigenvalue weighted by Gasteiger charge is 2.11. The Hall–Kier alpha value is -3.94. The molecule has 2 aromatic carbocycles. The lowest BCUT2D eigenvalue weighted by Crippen LogP contribution is -2.20. The van der Waals surface area contributed by atoms with Gasteiger partial charge in [-0.1, -0.05) is 29.4 Å². The first-order chi connectivity index (χ1) is 13.6. The molecular weight excluding hydrogens is 363 g/mol. The second kappa shape index (κ2) is 9.13. The van der Waals surface area contributed by atoms with Crippen molar-refractivity contribution < 1.29 is 18.8 Å². The monoisotopic (exact) mass is 380 g/mol. The molecule has 7 nitrogen and oxygen atoms in total. The number of amidine groups is 1. The number of para-hydroxylation sites is 1. The van der Waals surface area contributed by atoms with Gasteiger partial charge >= 0.3 is 0 Å². The van der Waals surface area contributed by atoms with Crippen molar-refractivity contribution in [2.24, 2.45) is 10.9 Å². The highest BCUT2D eigenvalue weighted by Crippen LogP contribution is 2.22. The number of benzene rings is 2. The molecule has 1 aromatic heterocycles. The predicted octanol–water partition coefficient (Wildman–Crippen LogP) is 3.29. The number of ether oxygens (including phenoxy) is 1. The number of nitrogens with two attached hydrogens (primary N) is 1.